The summed E-state index contributed by atoms with van der Waals surface area (Å²) in [5.74, 6) is 0.496. The molecule has 28 heavy (non-hydrogen) atoms. The molecule has 0 aliphatic heterocycles. The number of anilines is 1. The van der Waals surface area contributed by atoms with Crippen LogP contribution >= 0.6 is 0 Å². The standard InChI is InChI=1S/C10H7N7.7V.4Y/c1-5-6(2)12-3-7-8(5)16-10(15-7)17-9(11)13-4-14-17;;;;;;;;;;;/h1H2,2H3,(H2-,11,13,14,15,16);;;;;;;;;;;/q-4;;;;;;;;;;;. The van der Waals surface area contributed by atoms with Gasteiger partial charge in [-0.15, -0.1) is 5.52 Å². The van der Waals surface area contributed by atoms with Gasteiger partial charge in [-0.05, 0) is 12.3 Å². The third-order valence-corrected chi connectivity index (χ3v) is 2.42. The molecule has 133 valence electrons. The summed E-state index contributed by atoms with van der Waals surface area (Å²) in [5, 5.41) is 3.81. The SMILES string of the molecule is [CH2-]c1c(C)n[c-]c2nc(-n3n[c-]nc3N)[n-]c12.[V].[V].[V].[V].[V].[V].[V].[Y].[Y].[Y].[Y]. The second kappa shape index (κ2) is 29.2. The Hall–Kier alpha value is 5.94. The molecule has 3 aromatic rings. The van der Waals surface area contributed by atoms with Crippen LogP contribution in [0.2, 0.25) is 0 Å². The van der Waals surface area contributed by atoms with E-state index in [2.05, 4.69) is 44.5 Å². The van der Waals surface area contributed by atoms with Gasteiger partial charge < -0.3 is 35.5 Å². The zero-order valence-electron chi connectivity index (χ0n) is 14.4. The molecule has 3 aromatic heterocycles. The van der Waals surface area contributed by atoms with Gasteiger partial charge >= 0.3 is 0 Å². The van der Waals surface area contributed by atoms with Crippen LogP contribution in [0.4, 0.5) is 5.95 Å². The average Bonchev–Trinajstić information content (AvgIpc) is 2.89. The fraction of sp³-hybridized carbons (Fsp3) is 0.100. The topological polar surface area (TPSA) is 96.6 Å². The van der Waals surface area contributed by atoms with Crippen molar-refractivity contribution in [3.63, 3.8) is 0 Å². The van der Waals surface area contributed by atoms with Gasteiger partial charge in [0.15, 0.2) is 0 Å². The van der Waals surface area contributed by atoms with Crippen molar-refractivity contribution in [2.24, 2.45) is 0 Å². The first-order valence-electron chi connectivity index (χ1n) is 4.80. The number of nitrogens with zero attached hydrogens (tertiary/aromatic N) is 6. The summed E-state index contributed by atoms with van der Waals surface area (Å²) < 4.78 is 1.29. The van der Waals surface area contributed by atoms with Crippen molar-refractivity contribution in [3.05, 3.63) is 30.7 Å². The fourth-order valence-electron chi connectivity index (χ4n) is 1.45. The Balaban J connectivity index is -0.0000000469. The molecule has 0 saturated carbocycles. The smallest absolute Gasteiger partial charge is 0.0106 e. The molecule has 0 aromatic carbocycles. The molecule has 0 aliphatic carbocycles. The van der Waals surface area contributed by atoms with E-state index in [0.29, 0.717) is 17.0 Å². The second-order valence-corrected chi connectivity index (χ2v) is 3.49. The zero-order chi connectivity index (χ0) is 12.0. The minimum absolute atomic E-state index is 0. The maximum absolute atomic E-state index is 5.60. The first-order valence-corrected chi connectivity index (χ1v) is 4.80. The fourth-order valence-corrected chi connectivity index (χ4v) is 1.45. The monoisotopic (exact) mass is 937 g/mol. The summed E-state index contributed by atoms with van der Waals surface area (Å²) in [7, 11) is 0. The molecular formula is C10H7N7V7Y4-4. The molecule has 0 unspecified atom stereocenters. The largest absolute Gasteiger partial charge is 0.457 e. The Morgan fingerprint density at radius 2 is 1.43 bits per heavy atom. The Kier molecular flexibility index (Phi) is 61.7. The third-order valence-electron chi connectivity index (χ3n) is 2.42. The van der Waals surface area contributed by atoms with Gasteiger partial charge in [-0.3, -0.25) is 0 Å². The molecule has 0 bridgehead atoms. The van der Waals surface area contributed by atoms with E-state index >= 15 is 0 Å². The van der Waals surface area contributed by atoms with Gasteiger partial charge in [0.25, 0.3) is 0 Å². The minimum atomic E-state index is 0. The number of rotatable bonds is 1. The summed E-state index contributed by atoms with van der Waals surface area (Å²) in [6.45, 7) is 5.73. The first-order chi connectivity index (χ1) is 8.16. The average molecular weight is 937 g/mol. The summed E-state index contributed by atoms with van der Waals surface area (Å²) >= 11 is 0. The Morgan fingerprint density at radius 1 is 0.929 bits per heavy atom. The van der Waals surface area contributed by atoms with Crippen molar-refractivity contribution in [2.75, 3.05) is 5.73 Å². The predicted octanol–water partition coefficient (Wildman–Crippen LogP) is -0.187. The van der Waals surface area contributed by atoms with Gasteiger partial charge in [0.05, 0.1) is 0 Å². The number of pyridine rings is 1. The van der Waals surface area contributed by atoms with E-state index in [1.165, 1.54) is 4.68 Å². The zero-order valence-corrected chi connectivity index (χ0v) is 35.5. The second-order valence-electron chi connectivity index (χ2n) is 3.49. The van der Waals surface area contributed by atoms with Gasteiger partial charge in [-0.1, -0.05) is 24.3 Å². The summed E-state index contributed by atoms with van der Waals surface area (Å²) in [4.78, 5) is 16.2. The molecule has 0 amide bonds. The Labute approximate surface area is 348 Å². The minimum Gasteiger partial charge on any atom is -0.457 e. The van der Waals surface area contributed by atoms with E-state index < -0.39 is 0 Å². The summed E-state index contributed by atoms with van der Waals surface area (Å²) in [6.07, 6.45) is 5.17. The summed E-state index contributed by atoms with van der Waals surface area (Å²) in [5.41, 5.74) is 8.26. The maximum atomic E-state index is 5.60. The quantitative estimate of drug-likeness (QED) is 0.341. The van der Waals surface area contributed by atoms with E-state index in [1.807, 2.05) is 6.92 Å². The number of imidazole rings is 1. The molecule has 7 nitrogen and oxygen atoms in total. The molecule has 0 aliphatic rings. The number of aryl methyl sites for hydroxylation is 1. The van der Waals surface area contributed by atoms with Crippen molar-refractivity contribution in [1.29, 1.82) is 0 Å². The number of aromatic nitrogens is 6. The van der Waals surface area contributed by atoms with Crippen LogP contribution in [0, 0.1) is 26.4 Å². The number of nitrogen functional groups attached to an aromatic ring is 1. The molecule has 2 N–H and O–H groups in total. The Bertz CT molecular complexity index is 731. The predicted molar refractivity (Wildman–Crippen MR) is 59.1 cm³/mol. The Morgan fingerprint density at radius 3 is 1.86 bits per heavy atom. The molecule has 0 fully saturated rings. The van der Waals surface area contributed by atoms with Crippen LogP contribution in [0.15, 0.2) is 0 Å². The maximum Gasteiger partial charge on any atom is 0.0106 e. The molecule has 0 saturated heterocycles. The van der Waals surface area contributed by atoms with Gasteiger partial charge in [-0.25, -0.2) is 0 Å². The van der Waals surface area contributed by atoms with Crippen molar-refractivity contribution in [2.45, 2.75) is 6.92 Å². The van der Waals surface area contributed by atoms with Crippen LogP contribution in [0.5, 0.6) is 0 Å². The van der Waals surface area contributed by atoms with Crippen LogP contribution in [-0.2, 0) is 261 Å². The first kappa shape index (κ1) is 59.2. The molecular weight excluding hydrogens is 930 g/mol. The van der Waals surface area contributed by atoms with Crippen LogP contribution in [-0.4, -0.2) is 24.7 Å². The van der Waals surface area contributed by atoms with Crippen LogP contribution in [0.1, 0.15) is 11.3 Å². The van der Waals surface area contributed by atoms with Gasteiger partial charge in [0, 0.05) is 267 Å². The molecule has 3 heterocycles. The molecule has 18 heteroatoms. The van der Waals surface area contributed by atoms with E-state index in [0.717, 1.165) is 11.3 Å². The van der Waals surface area contributed by atoms with Gasteiger partial charge in [-0.2, -0.15) is 12.5 Å². The third kappa shape index (κ3) is 15.1. The molecule has 11 radical (unpaired) electrons. The van der Waals surface area contributed by atoms with E-state index in [4.69, 9.17) is 5.73 Å². The van der Waals surface area contributed by atoms with E-state index in [9.17, 15) is 0 Å². The molecule has 3 rings (SSSR count). The van der Waals surface area contributed by atoms with Crippen molar-refractivity contribution in [3.8, 4) is 5.95 Å². The molecule has 0 atom stereocenters. The van der Waals surface area contributed by atoms with Gasteiger partial charge in [0.1, 0.15) is 0 Å². The van der Waals surface area contributed by atoms with Crippen LogP contribution in [0.3, 0.4) is 0 Å². The number of hydrogen-bond acceptors (Lipinski definition) is 5. The molecule has 0 spiro atoms. The number of nitrogens with two attached hydrogens (primary N) is 1. The van der Waals surface area contributed by atoms with Crippen molar-refractivity contribution >= 4 is 17.0 Å². The van der Waals surface area contributed by atoms with E-state index in [-0.39, 0.29) is 267 Å². The number of fused-ring (bicyclic) bond motifs is 1. The normalized spacial score (nSPS) is 6.75. The van der Waals surface area contributed by atoms with Crippen molar-refractivity contribution in [1.82, 2.24) is 29.7 Å². The van der Waals surface area contributed by atoms with Crippen LogP contribution < -0.4 is 10.7 Å². The summed E-state index contributed by atoms with van der Waals surface area (Å²) in [6, 6.07) is 0. The van der Waals surface area contributed by atoms with E-state index in [1.54, 1.807) is 0 Å². The van der Waals surface area contributed by atoms with Crippen LogP contribution in [0.25, 0.3) is 17.0 Å². The van der Waals surface area contributed by atoms with Gasteiger partial charge in [0.2, 0.25) is 0 Å². The number of hydrogen-bond donors (Lipinski definition) is 1. The van der Waals surface area contributed by atoms with Crippen molar-refractivity contribution < 1.29 is 261 Å².